The van der Waals surface area contributed by atoms with Crippen molar-refractivity contribution in [2.45, 2.75) is 37.4 Å². The number of halogens is 5. The maximum Gasteiger partial charge on any atom is 0.391 e. The molecule has 0 spiro atoms. The molecule has 1 aliphatic carbocycles. The van der Waals surface area contributed by atoms with Crippen LogP contribution in [0.5, 0.6) is 0 Å². The Kier molecular flexibility index (Phi) is 3.55. The molecule has 1 nitrogen and oxygen atoms in total. The van der Waals surface area contributed by atoms with E-state index in [0.29, 0.717) is 5.56 Å². The van der Waals surface area contributed by atoms with E-state index in [9.17, 15) is 22.0 Å². The number of hydrogen-bond donors (Lipinski definition) is 1. The van der Waals surface area contributed by atoms with Gasteiger partial charge in [0.15, 0.2) is 11.6 Å². The van der Waals surface area contributed by atoms with Gasteiger partial charge in [-0.2, -0.15) is 13.2 Å². The summed E-state index contributed by atoms with van der Waals surface area (Å²) in [5.41, 5.74) is 5.40. The third kappa shape index (κ3) is 2.88. The maximum absolute atomic E-state index is 13.2. The van der Waals surface area contributed by atoms with E-state index in [1.54, 1.807) is 0 Å². The van der Waals surface area contributed by atoms with Crippen molar-refractivity contribution in [3.63, 3.8) is 0 Å². The predicted molar refractivity (Wildman–Crippen MR) is 60.2 cm³/mol. The summed E-state index contributed by atoms with van der Waals surface area (Å²) in [6, 6.07) is 3.27. The van der Waals surface area contributed by atoms with E-state index in [1.165, 1.54) is 6.07 Å². The fraction of sp³-hybridized carbons (Fsp3) is 0.538. The summed E-state index contributed by atoms with van der Waals surface area (Å²) in [5.74, 6) is -3.37. The first kappa shape index (κ1) is 14.2. The molecule has 0 amide bonds. The first-order valence-electron chi connectivity index (χ1n) is 6.03. The van der Waals surface area contributed by atoms with E-state index in [0.717, 1.165) is 12.1 Å². The van der Waals surface area contributed by atoms with E-state index >= 15 is 0 Å². The number of alkyl halides is 3. The van der Waals surface area contributed by atoms with Crippen LogP contribution in [-0.4, -0.2) is 6.18 Å². The molecule has 0 saturated heterocycles. The lowest BCUT2D eigenvalue weighted by molar-refractivity contribution is -0.184. The van der Waals surface area contributed by atoms with Gasteiger partial charge in [-0.15, -0.1) is 0 Å². The van der Waals surface area contributed by atoms with E-state index < -0.39 is 29.3 Å². The summed E-state index contributed by atoms with van der Waals surface area (Å²) in [6.45, 7) is 0. The molecule has 0 aliphatic heterocycles. The summed E-state index contributed by atoms with van der Waals surface area (Å²) in [7, 11) is 0. The van der Waals surface area contributed by atoms with Crippen LogP contribution in [0.1, 0.15) is 31.2 Å². The van der Waals surface area contributed by atoms with E-state index in [2.05, 4.69) is 0 Å². The first-order chi connectivity index (χ1) is 8.72. The van der Waals surface area contributed by atoms with Gasteiger partial charge >= 0.3 is 6.18 Å². The minimum absolute atomic E-state index is 0.0843. The van der Waals surface area contributed by atoms with Crippen LogP contribution in [0.4, 0.5) is 22.0 Å². The zero-order valence-corrected chi connectivity index (χ0v) is 10.1. The SMILES string of the molecule is NC1(c2ccc(F)c(F)c2)CCC(C(F)(F)F)CC1. The van der Waals surface area contributed by atoms with Gasteiger partial charge in [-0.05, 0) is 43.4 Å². The Hall–Kier alpha value is -1.17. The number of rotatable bonds is 1. The second-order valence-corrected chi connectivity index (χ2v) is 5.10. The Bertz CT molecular complexity index is 461. The van der Waals surface area contributed by atoms with Crippen molar-refractivity contribution in [1.82, 2.24) is 0 Å². The monoisotopic (exact) mass is 279 g/mol. The molecule has 0 bridgehead atoms. The minimum atomic E-state index is -4.21. The van der Waals surface area contributed by atoms with E-state index in [1.807, 2.05) is 0 Å². The van der Waals surface area contributed by atoms with Gasteiger partial charge in [0.25, 0.3) is 0 Å². The first-order valence-corrected chi connectivity index (χ1v) is 6.03. The van der Waals surface area contributed by atoms with Gasteiger partial charge in [-0.3, -0.25) is 0 Å². The Morgan fingerprint density at radius 1 is 1.05 bits per heavy atom. The molecule has 19 heavy (non-hydrogen) atoms. The Labute approximate surface area is 107 Å². The molecule has 0 unspecified atom stereocenters. The molecule has 1 saturated carbocycles. The van der Waals surface area contributed by atoms with Crippen molar-refractivity contribution in [1.29, 1.82) is 0 Å². The lowest BCUT2D eigenvalue weighted by atomic mass is 9.73. The molecule has 2 N–H and O–H groups in total. The number of benzene rings is 1. The van der Waals surface area contributed by atoms with Crippen LogP contribution >= 0.6 is 0 Å². The molecule has 1 fully saturated rings. The Balaban J connectivity index is 2.15. The molecule has 1 aliphatic rings. The van der Waals surface area contributed by atoms with Crippen LogP contribution in [0.2, 0.25) is 0 Å². The standard InChI is InChI=1S/C13H14F5N/c14-10-2-1-9(7-11(10)15)12(19)5-3-8(4-6-12)13(16,17)18/h1-2,7-8H,3-6,19H2. The van der Waals surface area contributed by atoms with Gasteiger partial charge in [0.1, 0.15) is 0 Å². The molecule has 0 atom stereocenters. The van der Waals surface area contributed by atoms with Crippen LogP contribution in [-0.2, 0) is 5.54 Å². The third-order valence-corrected chi connectivity index (χ3v) is 3.84. The Morgan fingerprint density at radius 3 is 2.11 bits per heavy atom. The van der Waals surface area contributed by atoms with Gasteiger partial charge in [0, 0.05) is 5.54 Å². The molecule has 0 radical (unpaired) electrons. The second-order valence-electron chi connectivity index (χ2n) is 5.10. The van der Waals surface area contributed by atoms with Crippen LogP contribution in [0.25, 0.3) is 0 Å². The zero-order valence-electron chi connectivity index (χ0n) is 10.1. The lowest BCUT2D eigenvalue weighted by Gasteiger charge is -2.38. The van der Waals surface area contributed by atoms with Crippen molar-refractivity contribution in [2.75, 3.05) is 0 Å². The van der Waals surface area contributed by atoms with Crippen LogP contribution < -0.4 is 5.73 Å². The molecule has 1 aromatic carbocycles. The van der Waals surface area contributed by atoms with Gasteiger partial charge in [0.2, 0.25) is 0 Å². The van der Waals surface area contributed by atoms with Crippen LogP contribution in [0, 0.1) is 17.6 Å². The van der Waals surface area contributed by atoms with E-state index in [4.69, 9.17) is 5.73 Å². The molecular weight excluding hydrogens is 265 g/mol. The highest BCUT2D eigenvalue weighted by atomic mass is 19.4. The van der Waals surface area contributed by atoms with Gasteiger partial charge < -0.3 is 5.73 Å². The summed E-state index contributed by atoms with van der Waals surface area (Å²) in [5, 5.41) is 0. The summed E-state index contributed by atoms with van der Waals surface area (Å²) in [6.07, 6.45) is -4.15. The molecular formula is C13H14F5N. The largest absolute Gasteiger partial charge is 0.391 e. The van der Waals surface area contributed by atoms with Crippen LogP contribution in [0.3, 0.4) is 0 Å². The molecule has 106 valence electrons. The normalized spacial score (nSPS) is 28.4. The maximum atomic E-state index is 13.2. The second kappa shape index (κ2) is 4.74. The average Bonchev–Trinajstić information content (AvgIpc) is 2.32. The van der Waals surface area contributed by atoms with Crippen molar-refractivity contribution < 1.29 is 22.0 Å². The molecule has 0 aromatic heterocycles. The highest BCUT2D eigenvalue weighted by Gasteiger charge is 2.45. The molecule has 6 heteroatoms. The summed E-state index contributed by atoms with van der Waals surface area (Å²) < 4.78 is 63.7. The van der Waals surface area contributed by atoms with Crippen LogP contribution in [0.15, 0.2) is 18.2 Å². The Morgan fingerprint density at radius 2 is 1.63 bits per heavy atom. The van der Waals surface area contributed by atoms with Gasteiger partial charge in [0.05, 0.1) is 5.92 Å². The zero-order chi connectivity index (χ0) is 14.3. The van der Waals surface area contributed by atoms with Crippen molar-refractivity contribution in [3.8, 4) is 0 Å². The number of hydrogen-bond acceptors (Lipinski definition) is 1. The quantitative estimate of drug-likeness (QED) is 0.776. The predicted octanol–water partition coefficient (Wildman–Crippen LogP) is 3.87. The summed E-state index contributed by atoms with van der Waals surface area (Å²) in [4.78, 5) is 0. The fourth-order valence-corrected chi connectivity index (χ4v) is 2.55. The molecule has 2 rings (SSSR count). The smallest absolute Gasteiger partial charge is 0.321 e. The van der Waals surface area contributed by atoms with Gasteiger partial charge in [-0.25, -0.2) is 8.78 Å². The van der Waals surface area contributed by atoms with Crippen molar-refractivity contribution >= 4 is 0 Å². The number of nitrogens with two attached hydrogens (primary N) is 1. The topological polar surface area (TPSA) is 26.0 Å². The fourth-order valence-electron chi connectivity index (χ4n) is 2.55. The molecule has 0 heterocycles. The summed E-state index contributed by atoms with van der Waals surface area (Å²) >= 11 is 0. The third-order valence-electron chi connectivity index (χ3n) is 3.84. The van der Waals surface area contributed by atoms with Crippen molar-refractivity contribution in [2.24, 2.45) is 11.7 Å². The highest BCUT2D eigenvalue weighted by Crippen LogP contribution is 2.44. The van der Waals surface area contributed by atoms with E-state index in [-0.39, 0.29) is 25.7 Å². The lowest BCUT2D eigenvalue weighted by Crippen LogP contribution is -2.43. The van der Waals surface area contributed by atoms with Crippen molar-refractivity contribution in [3.05, 3.63) is 35.4 Å². The minimum Gasteiger partial charge on any atom is -0.321 e. The average molecular weight is 279 g/mol. The molecule has 1 aromatic rings. The highest BCUT2D eigenvalue weighted by molar-refractivity contribution is 5.26. The van der Waals surface area contributed by atoms with Gasteiger partial charge in [-0.1, -0.05) is 6.07 Å².